The van der Waals surface area contributed by atoms with Gasteiger partial charge >= 0.3 is 0 Å². The first-order valence-electron chi connectivity index (χ1n) is 10.00. The summed E-state index contributed by atoms with van der Waals surface area (Å²) in [6.07, 6.45) is 5.05. The fraction of sp³-hybridized carbons (Fsp3) is 0.318. The van der Waals surface area contributed by atoms with Gasteiger partial charge in [-0.15, -0.1) is 0 Å². The molecule has 9 heteroatoms. The number of aromatic nitrogens is 1. The Kier molecular flexibility index (Phi) is 6.03. The summed E-state index contributed by atoms with van der Waals surface area (Å²) >= 11 is 1.13. The van der Waals surface area contributed by atoms with E-state index in [0.717, 1.165) is 46.8 Å². The molecule has 1 fully saturated rings. The van der Waals surface area contributed by atoms with Crippen molar-refractivity contribution in [1.29, 1.82) is 0 Å². The lowest BCUT2D eigenvalue weighted by Crippen LogP contribution is -2.40. The summed E-state index contributed by atoms with van der Waals surface area (Å²) in [7, 11) is 0. The van der Waals surface area contributed by atoms with Crippen molar-refractivity contribution in [1.82, 2.24) is 15.2 Å². The highest BCUT2D eigenvalue weighted by molar-refractivity contribution is 8.18. The van der Waals surface area contributed by atoms with Gasteiger partial charge in [0.05, 0.1) is 10.4 Å². The first-order valence-corrected chi connectivity index (χ1v) is 10.8. The molecule has 1 aromatic carbocycles. The van der Waals surface area contributed by atoms with Crippen LogP contribution in [0.4, 0.5) is 0 Å². The molecule has 0 unspecified atom stereocenters. The monoisotopic (exact) mass is 438 g/mol. The second-order valence-corrected chi connectivity index (χ2v) is 8.45. The van der Waals surface area contributed by atoms with Crippen molar-refractivity contribution in [3.63, 3.8) is 0 Å². The Hall–Kier alpha value is -3.20. The number of thioether (sulfide) groups is 1. The van der Waals surface area contributed by atoms with Crippen molar-refractivity contribution < 1.29 is 19.1 Å². The number of nitrogens with one attached hydrogen (secondary N) is 1. The number of carbonyl (C=O) groups is 3. The third-order valence-electron chi connectivity index (χ3n) is 5.11. The molecule has 1 aromatic heterocycles. The number of fused-ring (bicyclic) bond motifs is 1. The highest BCUT2D eigenvalue weighted by Gasteiger charge is 2.24. The van der Waals surface area contributed by atoms with E-state index in [1.54, 1.807) is 19.2 Å². The average Bonchev–Trinajstić information content (AvgIpc) is 3.06. The van der Waals surface area contributed by atoms with Gasteiger partial charge in [-0.3, -0.25) is 19.4 Å². The van der Waals surface area contributed by atoms with E-state index in [0.29, 0.717) is 18.0 Å². The molecule has 2 aromatic rings. The third-order valence-corrected chi connectivity index (χ3v) is 6.01. The topological polar surface area (TPSA) is 101 Å². The van der Waals surface area contributed by atoms with Crippen LogP contribution < -0.4 is 10.1 Å². The van der Waals surface area contributed by atoms with Gasteiger partial charge < -0.3 is 15.0 Å². The summed E-state index contributed by atoms with van der Waals surface area (Å²) in [5.41, 5.74) is 1.60. The quantitative estimate of drug-likeness (QED) is 0.740. The molecule has 0 saturated carbocycles. The van der Waals surface area contributed by atoms with Gasteiger partial charge in [0, 0.05) is 51.4 Å². The molecule has 0 atom stereocenters. The number of rotatable bonds is 3. The summed E-state index contributed by atoms with van der Waals surface area (Å²) in [6, 6.07) is 7.53. The maximum absolute atomic E-state index is 12.1. The summed E-state index contributed by atoms with van der Waals surface area (Å²) in [5, 5.41) is 3.68. The Labute approximate surface area is 183 Å². The van der Waals surface area contributed by atoms with E-state index < -0.39 is 0 Å². The van der Waals surface area contributed by atoms with E-state index in [1.807, 2.05) is 29.2 Å². The molecule has 3 heterocycles. The summed E-state index contributed by atoms with van der Waals surface area (Å²) < 4.78 is 6.26. The first-order chi connectivity index (χ1) is 14.9. The second-order valence-electron chi connectivity index (χ2n) is 7.42. The van der Waals surface area contributed by atoms with Crippen molar-refractivity contribution in [2.45, 2.75) is 32.8 Å². The van der Waals surface area contributed by atoms with Gasteiger partial charge in [0.15, 0.2) is 5.17 Å². The molecule has 0 spiro atoms. The van der Waals surface area contributed by atoms with Gasteiger partial charge in [-0.1, -0.05) is 6.07 Å². The van der Waals surface area contributed by atoms with Crippen molar-refractivity contribution in [2.24, 2.45) is 4.99 Å². The number of pyridine rings is 1. The van der Waals surface area contributed by atoms with Crippen molar-refractivity contribution >= 4 is 51.6 Å². The van der Waals surface area contributed by atoms with E-state index in [9.17, 15) is 14.4 Å². The predicted octanol–water partition coefficient (Wildman–Crippen LogP) is 2.73. The molecule has 4 rings (SSSR count). The minimum absolute atomic E-state index is 0.0313. The summed E-state index contributed by atoms with van der Waals surface area (Å²) in [6.45, 7) is 4.34. The number of hydrogen-bond donors (Lipinski definition) is 1. The van der Waals surface area contributed by atoms with Crippen LogP contribution in [0.2, 0.25) is 0 Å². The van der Waals surface area contributed by atoms with Crippen LogP contribution in [-0.4, -0.2) is 52.0 Å². The molecule has 0 aliphatic carbocycles. The zero-order valence-corrected chi connectivity index (χ0v) is 18.1. The smallest absolute Gasteiger partial charge is 0.286 e. The Balaban J connectivity index is 1.53. The van der Waals surface area contributed by atoms with Crippen molar-refractivity contribution in [3.8, 4) is 5.75 Å². The van der Waals surface area contributed by atoms with Gasteiger partial charge in [-0.05, 0) is 41.6 Å². The van der Waals surface area contributed by atoms with E-state index in [-0.39, 0.29) is 29.0 Å². The van der Waals surface area contributed by atoms with E-state index >= 15 is 0 Å². The lowest BCUT2D eigenvalue weighted by molar-refractivity contribution is -0.130. The molecular formula is C22H22N4O4S. The molecule has 2 aliphatic rings. The lowest BCUT2D eigenvalue weighted by atomic mass is 10.1. The van der Waals surface area contributed by atoms with E-state index in [4.69, 9.17) is 4.74 Å². The molecule has 1 saturated heterocycles. The number of amidine groups is 1. The number of likely N-dealkylation sites (tertiary alicyclic amines) is 1. The number of nitrogens with zero attached hydrogens (tertiary/aromatic N) is 3. The Morgan fingerprint density at radius 2 is 2.00 bits per heavy atom. The molecule has 160 valence electrons. The molecule has 31 heavy (non-hydrogen) atoms. The number of carbonyl (C=O) groups excluding carboxylic acids is 3. The Morgan fingerprint density at radius 1 is 1.23 bits per heavy atom. The number of aliphatic imine (C=N–C) groups is 1. The summed E-state index contributed by atoms with van der Waals surface area (Å²) in [4.78, 5) is 45.4. The van der Waals surface area contributed by atoms with Crippen LogP contribution >= 0.6 is 11.8 Å². The van der Waals surface area contributed by atoms with Crippen LogP contribution in [0.5, 0.6) is 5.75 Å². The third kappa shape index (κ3) is 4.93. The Bertz CT molecular complexity index is 1120. The molecule has 8 nitrogen and oxygen atoms in total. The SMILES string of the molecule is CC(=O)NC1=NC(=O)/C(=C/c2ccc3nccc(OC4CCN(C(C)=O)CC4)c3c2)S1. The number of amides is 3. The molecule has 2 aliphatic heterocycles. The van der Waals surface area contributed by atoms with Gasteiger partial charge in [-0.2, -0.15) is 4.99 Å². The van der Waals surface area contributed by atoms with Crippen LogP contribution in [-0.2, 0) is 14.4 Å². The molecular weight excluding hydrogens is 416 g/mol. The maximum Gasteiger partial charge on any atom is 0.286 e. The van der Waals surface area contributed by atoms with Crippen molar-refractivity contribution in [3.05, 3.63) is 40.9 Å². The second kappa shape index (κ2) is 8.89. The van der Waals surface area contributed by atoms with Crippen LogP contribution in [0, 0.1) is 0 Å². The fourth-order valence-electron chi connectivity index (χ4n) is 3.56. The first kappa shape index (κ1) is 21.0. The minimum atomic E-state index is -0.381. The normalized spacial score (nSPS) is 18.4. The lowest BCUT2D eigenvalue weighted by Gasteiger charge is -2.31. The van der Waals surface area contributed by atoms with Crippen LogP contribution in [0.25, 0.3) is 17.0 Å². The van der Waals surface area contributed by atoms with Crippen LogP contribution in [0.15, 0.2) is 40.4 Å². The summed E-state index contributed by atoms with van der Waals surface area (Å²) in [5.74, 6) is 0.171. The Morgan fingerprint density at radius 3 is 2.71 bits per heavy atom. The van der Waals surface area contributed by atoms with Gasteiger partial charge in [0.1, 0.15) is 11.9 Å². The molecule has 0 radical (unpaired) electrons. The van der Waals surface area contributed by atoms with Gasteiger partial charge in [-0.25, -0.2) is 0 Å². The van der Waals surface area contributed by atoms with Gasteiger partial charge in [0.2, 0.25) is 11.8 Å². The van der Waals surface area contributed by atoms with E-state index in [2.05, 4.69) is 15.3 Å². The largest absolute Gasteiger partial charge is 0.490 e. The standard InChI is InChI=1S/C22H22N4O4S/c1-13(27)24-22-25-21(29)20(31-22)12-15-3-4-18-17(11-15)19(5-8-23-18)30-16-6-9-26(10-7-16)14(2)28/h3-5,8,11-12,16H,6-7,9-10H2,1-2H3,(H,24,25,27,29)/b20-12-. The van der Waals surface area contributed by atoms with E-state index in [1.165, 1.54) is 6.92 Å². The highest BCUT2D eigenvalue weighted by atomic mass is 32.2. The van der Waals surface area contributed by atoms with Crippen molar-refractivity contribution in [2.75, 3.05) is 13.1 Å². The molecule has 1 N–H and O–H groups in total. The zero-order chi connectivity index (χ0) is 22.0. The van der Waals surface area contributed by atoms with Crippen LogP contribution in [0.3, 0.4) is 0 Å². The van der Waals surface area contributed by atoms with Gasteiger partial charge in [0.25, 0.3) is 5.91 Å². The van der Waals surface area contributed by atoms with Crippen LogP contribution in [0.1, 0.15) is 32.3 Å². The number of hydrogen-bond acceptors (Lipinski definition) is 6. The highest BCUT2D eigenvalue weighted by Crippen LogP contribution is 2.31. The predicted molar refractivity (Wildman–Crippen MR) is 119 cm³/mol. The number of piperidine rings is 1. The maximum atomic E-state index is 12.1. The molecule has 0 bridgehead atoms. The number of ether oxygens (including phenoxy) is 1. The minimum Gasteiger partial charge on any atom is -0.490 e. The number of benzene rings is 1. The average molecular weight is 439 g/mol. The zero-order valence-electron chi connectivity index (χ0n) is 17.3. The fourth-order valence-corrected chi connectivity index (χ4v) is 4.42. The molecule has 3 amide bonds.